The molecule has 0 aliphatic heterocycles. The average Bonchev–Trinajstić information content (AvgIpc) is 2.44. The number of hydrogen-bond donors (Lipinski definition) is 1. The van der Waals surface area contributed by atoms with E-state index in [1.807, 2.05) is 0 Å². The lowest BCUT2D eigenvalue weighted by Gasteiger charge is -2.18. The van der Waals surface area contributed by atoms with E-state index in [0.29, 0.717) is 16.7 Å². The molecule has 1 aromatic heterocycles. The molecule has 18 heavy (non-hydrogen) atoms. The van der Waals surface area contributed by atoms with Crippen molar-refractivity contribution in [1.29, 1.82) is 0 Å². The van der Waals surface area contributed by atoms with Crippen LogP contribution in [0.15, 0.2) is 36.5 Å². The fraction of sp³-hybridized carbons (Fsp3) is 0.0714. The second-order valence-corrected chi connectivity index (χ2v) is 4.06. The largest absolute Gasteiger partial charge is 0.392 e. The number of rotatable bonds is 1. The van der Waals surface area contributed by atoms with Crippen LogP contribution in [0.1, 0.15) is 37.5 Å². The summed E-state index contributed by atoms with van der Waals surface area (Å²) in [6.07, 6.45) is 1.43. The molecule has 0 radical (unpaired) electrons. The molecule has 0 unspecified atom stereocenters. The third-order valence-corrected chi connectivity index (χ3v) is 3.07. The molecule has 0 fully saturated rings. The van der Waals surface area contributed by atoms with Crippen LogP contribution >= 0.6 is 0 Å². The molecular formula is C14H9NO3. The van der Waals surface area contributed by atoms with E-state index in [1.54, 1.807) is 30.3 Å². The van der Waals surface area contributed by atoms with Gasteiger partial charge in [-0.1, -0.05) is 24.3 Å². The molecule has 1 aromatic carbocycles. The summed E-state index contributed by atoms with van der Waals surface area (Å²) in [5.74, 6) is -0.521. The summed E-state index contributed by atoms with van der Waals surface area (Å²) in [4.78, 5) is 28.5. The molecule has 88 valence electrons. The minimum absolute atomic E-state index is 0.130. The van der Waals surface area contributed by atoms with Gasteiger partial charge in [0.05, 0.1) is 12.2 Å². The monoisotopic (exact) mass is 239 g/mol. The van der Waals surface area contributed by atoms with Crippen LogP contribution in [0.5, 0.6) is 0 Å². The molecule has 4 heteroatoms. The van der Waals surface area contributed by atoms with Gasteiger partial charge in [-0.05, 0) is 11.6 Å². The van der Waals surface area contributed by atoms with Gasteiger partial charge in [0.25, 0.3) is 0 Å². The Hall–Kier alpha value is -2.33. The molecular weight excluding hydrogens is 230 g/mol. The fourth-order valence-corrected chi connectivity index (χ4v) is 2.20. The van der Waals surface area contributed by atoms with Gasteiger partial charge in [0.2, 0.25) is 5.78 Å². The molecule has 4 nitrogen and oxygen atoms in total. The number of pyridine rings is 1. The molecule has 0 spiro atoms. The Kier molecular flexibility index (Phi) is 2.31. The van der Waals surface area contributed by atoms with Crippen LogP contribution in [0.2, 0.25) is 0 Å². The number of hydrogen-bond acceptors (Lipinski definition) is 4. The number of aromatic nitrogens is 1. The van der Waals surface area contributed by atoms with Crippen molar-refractivity contribution in [3.8, 4) is 0 Å². The fourth-order valence-electron chi connectivity index (χ4n) is 2.20. The summed E-state index contributed by atoms with van der Waals surface area (Å²) in [7, 11) is 0. The van der Waals surface area contributed by atoms with Crippen LogP contribution < -0.4 is 0 Å². The Morgan fingerprint density at radius 3 is 2.33 bits per heavy atom. The zero-order chi connectivity index (χ0) is 12.7. The van der Waals surface area contributed by atoms with Crippen molar-refractivity contribution in [1.82, 2.24) is 4.98 Å². The lowest BCUT2D eigenvalue weighted by atomic mass is 9.85. The first-order valence-corrected chi connectivity index (χ1v) is 5.51. The number of nitrogens with zero attached hydrogens (tertiary/aromatic N) is 1. The molecule has 1 heterocycles. The average molecular weight is 239 g/mol. The van der Waals surface area contributed by atoms with Crippen LogP contribution in [0.25, 0.3) is 0 Å². The van der Waals surface area contributed by atoms with E-state index >= 15 is 0 Å². The molecule has 0 saturated heterocycles. The number of aliphatic hydroxyl groups excluding tert-OH is 1. The first-order valence-electron chi connectivity index (χ1n) is 5.51. The molecule has 0 saturated carbocycles. The highest BCUT2D eigenvalue weighted by Crippen LogP contribution is 2.27. The Morgan fingerprint density at radius 1 is 1.00 bits per heavy atom. The van der Waals surface area contributed by atoms with Gasteiger partial charge in [-0.25, -0.2) is 0 Å². The number of carbonyl (C=O) groups is 2. The van der Waals surface area contributed by atoms with Gasteiger partial charge >= 0.3 is 0 Å². The lowest BCUT2D eigenvalue weighted by Crippen LogP contribution is -2.23. The highest BCUT2D eigenvalue weighted by Gasteiger charge is 2.32. The van der Waals surface area contributed by atoms with E-state index in [-0.39, 0.29) is 29.4 Å². The third kappa shape index (κ3) is 1.33. The van der Waals surface area contributed by atoms with Gasteiger partial charge in [0.1, 0.15) is 5.69 Å². The molecule has 1 aliphatic carbocycles. The van der Waals surface area contributed by atoms with Crippen LogP contribution in [0.4, 0.5) is 0 Å². The Balaban J connectivity index is 2.34. The highest BCUT2D eigenvalue weighted by atomic mass is 16.3. The summed E-state index contributed by atoms with van der Waals surface area (Å²) < 4.78 is 0. The molecule has 0 atom stereocenters. The maximum absolute atomic E-state index is 12.3. The van der Waals surface area contributed by atoms with Crippen molar-refractivity contribution in [2.75, 3.05) is 0 Å². The van der Waals surface area contributed by atoms with E-state index < -0.39 is 0 Å². The number of fused-ring (bicyclic) bond motifs is 2. The van der Waals surface area contributed by atoms with Crippen molar-refractivity contribution in [2.24, 2.45) is 0 Å². The van der Waals surface area contributed by atoms with E-state index in [4.69, 9.17) is 0 Å². The summed E-state index contributed by atoms with van der Waals surface area (Å²) in [6.45, 7) is -0.286. The van der Waals surface area contributed by atoms with Crippen LogP contribution in [0.3, 0.4) is 0 Å². The Bertz CT molecular complexity index is 676. The van der Waals surface area contributed by atoms with E-state index in [0.717, 1.165) is 0 Å². The van der Waals surface area contributed by atoms with Crippen LogP contribution in [-0.2, 0) is 6.61 Å². The van der Waals surface area contributed by atoms with E-state index in [2.05, 4.69) is 4.98 Å². The number of carbonyl (C=O) groups excluding carboxylic acids is 2. The normalized spacial score (nSPS) is 13.2. The van der Waals surface area contributed by atoms with Gasteiger partial charge in [0.15, 0.2) is 5.78 Å². The number of aliphatic hydroxyl groups is 1. The smallest absolute Gasteiger partial charge is 0.212 e. The first kappa shape index (κ1) is 10.8. The SMILES string of the molecule is O=C1c2ccccc2C(=O)c2c(CO)ccnc21. The second kappa shape index (κ2) is 3.85. The van der Waals surface area contributed by atoms with Gasteiger partial charge in [-0.2, -0.15) is 0 Å². The molecule has 3 rings (SSSR count). The molecule has 1 aliphatic rings. The number of benzene rings is 1. The summed E-state index contributed by atoms with van der Waals surface area (Å²) in [5.41, 5.74) is 1.54. The van der Waals surface area contributed by atoms with Gasteiger partial charge in [-0.3, -0.25) is 14.6 Å². The van der Waals surface area contributed by atoms with Gasteiger partial charge in [0, 0.05) is 17.3 Å². The third-order valence-electron chi connectivity index (χ3n) is 3.07. The Labute approximate surface area is 103 Å². The van der Waals surface area contributed by atoms with Crippen molar-refractivity contribution in [3.05, 3.63) is 64.5 Å². The minimum Gasteiger partial charge on any atom is -0.392 e. The van der Waals surface area contributed by atoms with Crippen molar-refractivity contribution < 1.29 is 14.7 Å². The molecule has 0 amide bonds. The van der Waals surface area contributed by atoms with Crippen molar-refractivity contribution in [3.63, 3.8) is 0 Å². The minimum atomic E-state index is -0.286. The summed E-state index contributed by atoms with van der Waals surface area (Å²) >= 11 is 0. The van der Waals surface area contributed by atoms with Crippen molar-refractivity contribution >= 4 is 11.6 Å². The quantitative estimate of drug-likeness (QED) is 0.696. The Morgan fingerprint density at radius 2 is 1.67 bits per heavy atom. The molecule has 0 bridgehead atoms. The second-order valence-electron chi connectivity index (χ2n) is 4.06. The van der Waals surface area contributed by atoms with E-state index in [1.165, 1.54) is 6.20 Å². The maximum atomic E-state index is 12.3. The predicted octanol–water partition coefficient (Wildman–Crippen LogP) is 1.35. The maximum Gasteiger partial charge on any atom is 0.212 e. The number of ketones is 2. The first-order chi connectivity index (χ1) is 8.74. The zero-order valence-corrected chi connectivity index (χ0v) is 9.38. The topological polar surface area (TPSA) is 67.3 Å². The van der Waals surface area contributed by atoms with Gasteiger partial charge in [-0.15, -0.1) is 0 Å². The van der Waals surface area contributed by atoms with Crippen LogP contribution in [-0.4, -0.2) is 21.7 Å². The standard InChI is InChI=1S/C14H9NO3/c16-7-8-5-6-15-12-11(8)13(17)9-3-1-2-4-10(9)14(12)18/h1-6,16H,7H2. The lowest BCUT2D eigenvalue weighted by molar-refractivity contribution is 0.0973. The predicted molar refractivity (Wildman–Crippen MR) is 63.5 cm³/mol. The molecule has 1 N–H and O–H groups in total. The van der Waals surface area contributed by atoms with Crippen LogP contribution in [0, 0.1) is 0 Å². The summed E-state index contributed by atoms with van der Waals surface area (Å²) in [6, 6.07) is 8.21. The van der Waals surface area contributed by atoms with Gasteiger partial charge < -0.3 is 5.11 Å². The van der Waals surface area contributed by atoms with Crippen molar-refractivity contribution in [2.45, 2.75) is 6.61 Å². The summed E-state index contributed by atoms with van der Waals surface area (Å²) in [5, 5.41) is 9.25. The molecule has 2 aromatic rings. The highest BCUT2D eigenvalue weighted by molar-refractivity contribution is 6.28. The zero-order valence-electron chi connectivity index (χ0n) is 9.38. The van der Waals surface area contributed by atoms with E-state index in [9.17, 15) is 14.7 Å².